The zero-order valence-corrected chi connectivity index (χ0v) is 63.6. The molecule has 0 bridgehead atoms. The fourth-order valence-electron chi connectivity index (χ4n) is 19.9. The standard InChI is InChI=1S/C40H25N.C39H24N2.C33H20N2/c1-2-12-26(13-3-1)27-14-10-15-28(24-27)41-25-36-31-18-6-9-21-34(31)39-32-19-7-4-16-29(32)30-17-5-8-20-33(30)40(39)35-22-11-23-37(41)38(35)36;1-2-12-25(13-3-1)34-21-11-23-36(40-34)41-24-33-28-16-6-9-19-31(28)38-29-17-7-4-14-26(29)27-15-5-8-18-30(27)39(38)32-20-10-22-35(41)37(32)33;1-4-13-24-21(10-1)22-11-2-5-14-25(22)33-27-16-9-17-29-31(27)28(20-35(29)30-18-7-8-19-34-30)23-12-3-6-15-26(23)32(24)33/h1-25H;1-24H;1-20H. The molecule has 0 saturated carbocycles. The summed E-state index contributed by atoms with van der Waals surface area (Å²) in [7, 11) is 0. The first-order valence-electron chi connectivity index (χ1n) is 40.3. The van der Waals surface area contributed by atoms with E-state index in [1.807, 2.05) is 24.4 Å². The molecular formula is C112H69N5. The maximum atomic E-state index is 5.14. The molecule has 26 rings (SSSR count). The zero-order valence-electron chi connectivity index (χ0n) is 63.6. The van der Waals surface area contributed by atoms with Crippen molar-refractivity contribution < 1.29 is 0 Å². The van der Waals surface area contributed by atoms with Crippen molar-refractivity contribution in [2.45, 2.75) is 0 Å². The van der Waals surface area contributed by atoms with E-state index in [1.54, 1.807) is 0 Å². The fraction of sp³-hybridized carbons (Fsp3) is 0. The lowest BCUT2D eigenvalue weighted by atomic mass is 9.85. The molecule has 3 aliphatic rings. The SMILES string of the molecule is c1ccc(-c2cccc(-n3cc4c5c(cccc53)-c3c(c5ccccc5c5ccccc35)-c3ccccc3-4)c2)cc1.c1ccc(-c2cccc(-n3cc4c5c(cccc53)-c3c(c5ccccc5c5ccccc35)-c3ccccc3-4)n2)cc1.c1ccc(-n2cc3c4c(cccc42)-c2c(c4ccccc4c4ccccc24)-c2ccccc2-3)nc1. The average molecular weight is 1480 g/mol. The van der Waals surface area contributed by atoms with Crippen LogP contribution in [0.15, 0.2) is 419 Å². The molecule has 5 nitrogen and oxygen atoms in total. The number of pyridine rings is 2. The van der Waals surface area contributed by atoms with E-state index in [0.29, 0.717) is 0 Å². The van der Waals surface area contributed by atoms with Crippen LogP contribution in [0.3, 0.4) is 0 Å². The van der Waals surface area contributed by atoms with E-state index in [0.717, 1.165) is 28.4 Å². The van der Waals surface area contributed by atoms with E-state index in [1.165, 1.54) is 209 Å². The van der Waals surface area contributed by atoms with Gasteiger partial charge in [0.15, 0.2) is 0 Å². The Labute approximate surface area is 675 Å². The predicted octanol–water partition coefficient (Wildman–Crippen LogP) is 29.9. The predicted molar refractivity (Wildman–Crippen MR) is 491 cm³/mol. The normalized spacial score (nSPS) is 11.9. The van der Waals surface area contributed by atoms with Crippen LogP contribution in [0.25, 0.3) is 237 Å². The Morgan fingerprint density at radius 2 is 0.470 bits per heavy atom. The Bertz CT molecular complexity index is 7730. The molecule has 0 fully saturated rings. The number of hydrogen-bond donors (Lipinski definition) is 0. The van der Waals surface area contributed by atoms with Crippen LogP contribution in [-0.4, -0.2) is 23.7 Å². The van der Waals surface area contributed by atoms with Gasteiger partial charge >= 0.3 is 0 Å². The van der Waals surface area contributed by atoms with Crippen molar-refractivity contribution >= 4 is 97.3 Å². The highest BCUT2D eigenvalue weighted by molar-refractivity contribution is 6.31. The molecule has 5 heteroatoms. The smallest absolute Gasteiger partial charge is 0.137 e. The van der Waals surface area contributed by atoms with Crippen LogP contribution in [0.2, 0.25) is 0 Å². The largest absolute Gasteiger partial charge is 0.316 e. The fourth-order valence-corrected chi connectivity index (χ4v) is 19.9. The summed E-state index contributed by atoms with van der Waals surface area (Å²) in [6.45, 7) is 0. The number of benzene rings is 18. The summed E-state index contributed by atoms with van der Waals surface area (Å²) in [5.41, 5.74) is 32.4. The van der Waals surface area contributed by atoms with Crippen molar-refractivity contribution in [1.29, 1.82) is 0 Å². The van der Waals surface area contributed by atoms with Gasteiger partial charge in [0.25, 0.3) is 0 Å². The summed E-state index contributed by atoms with van der Waals surface area (Å²) >= 11 is 0. The maximum Gasteiger partial charge on any atom is 0.137 e. The topological polar surface area (TPSA) is 40.6 Å². The van der Waals surface area contributed by atoms with Gasteiger partial charge in [-0.05, 0) is 214 Å². The Morgan fingerprint density at radius 1 is 0.179 bits per heavy atom. The molecule has 0 amide bonds. The first kappa shape index (κ1) is 66.1. The Kier molecular flexibility index (Phi) is 15.0. The van der Waals surface area contributed by atoms with E-state index in [2.05, 4.69) is 413 Å². The third-order valence-corrected chi connectivity index (χ3v) is 24.7. The Balaban J connectivity index is 0.000000101. The summed E-state index contributed by atoms with van der Waals surface area (Å²) in [5.74, 6) is 1.85. The quantitative estimate of drug-likeness (QED) is 0.161. The van der Waals surface area contributed by atoms with E-state index in [9.17, 15) is 0 Å². The number of rotatable bonds is 5. The summed E-state index contributed by atoms with van der Waals surface area (Å²) in [6.07, 6.45) is 8.78. The van der Waals surface area contributed by atoms with Gasteiger partial charge in [-0.15, -0.1) is 0 Å². The lowest BCUT2D eigenvalue weighted by Crippen LogP contribution is -1.97. The van der Waals surface area contributed by atoms with Crippen LogP contribution in [0.4, 0.5) is 0 Å². The monoisotopic (exact) mass is 1480 g/mol. The lowest BCUT2D eigenvalue weighted by Gasteiger charge is -2.19. The third kappa shape index (κ3) is 10.2. The summed E-state index contributed by atoms with van der Waals surface area (Å²) < 4.78 is 6.89. The molecule has 18 aromatic carbocycles. The Hall–Kier alpha value is -15.6. The van der Waals surface area contributed by atoms with Gasteiger partial charge in [0, 0.05) is 68.9 Å². The highest BCUT2D eigenvalue weighted by Gasteiger charge is 2.32. The molecule has 0 aliphatic heterocycles. The third-order valence-electron chi connectivity index (χ3n) is 24.7. The molecule has 23 aromatic rings. The van der Waals surface area contributed by atoms with Gasteiger partial charge in [-0.3, -0.25) is 0 Å². The summed E-state index contributed by atoms with van der Waals surface area (Å²) in [5, 5.41) is 19.4. The molecule has 3 aliphatic carbocycles. The van der Waals surface area contributed by atoms with Gasteiger partial charge in [-0.25, -0.2) is 9.97 Å². The second-order valence-corrected chi connectivity index (χ2v) is 30.8. The number of fused-ring (bicyclic) bond motifs is 30. The van der Waals surface area contributed by atoms with E-state index in [4.69, 9.17) is 4.98 Å². The van der Waals surface area contributed by atoms with Gasteiger partial charge in [0.2, 0.25) is 0 Å². The minimum atomic E-state index is 0.918. The summed E-state index contributed by atoms with van der Waals surface area (Å²) in [4.78, 5) is 9.81. The lowest BCUT2D eigenvalue weighted by molar-refractivity contribution is 1.04. The first-order chi connectivity index (χ1) is 58.1. The van der Waals surface area contributed by atoms with Crippen LogP contribution in [0.1, 0.15) is 0 Å². The second kappa shape index (κ2) is 26.5. The van der Waals surface area contributed by atoms with E-state index in [-0.39, 0.29) is 0 Å². The van der Waals surface area contributed by atoms with Crippen molar-refractivity contribution in [3.05, 3.63) is 419 Å². The van der Waals surface area contributed by atoms with Crippen LogP contribution >= 0.6 is 0 Å². The van der Waals surface area contributed by atoms with Gasteiger partial charge in [-0.2, -0.15) is 0 Å². The van der Waals surface area contributed by atoms with E-state index >= 15 is 0 Å². The molecule has 0 saturated heterocycles. The van der Waals surface area contributed by atoms with Gasteiger partial charge < -0.3 is 13.7 Å². The van der Waals surface area contributed by atoms with Crippen molar-refractivity contribution in [2.24, 2.45) is 0 Å². The molecule has 0 N–H and O–H groups in total. The molecule has 542 valence electrons. The maximum absolute atomic E-state index is 5.14. The minimum Gasteiger partial charge on any atom is -0.316 e. The molecular weight excluding hydrogens is 1420 g/mol. The summed E-state index contributed by atoms with van der Waals surface area (Å²) in [6, 6.07) is 143. The van der Waals surface area contributed by atoms with Crippen molar-refractivity contribution in [1.82, 2.24) is 23.7 Å². The highest BCUT2D eigenvalue weighted by Crippen LogP contribution is 2.58. The molecule has 117 heavy (non-hydrogen) atoms. The van der Waals surface area contributed by atoms with Gasteiger partial charge in [0.1, 0.15) is 11.6 Å². The van der Waals surface area contributed by atoms with Crippen molar-refractivity contribution in [2.75, 3.05) is 0 Å². The highest BCUT2D eigenvalue weighted by atomic mass is 15.1. The Morgan fingerprint density at radius 3 is 0.872 bits per heavy atom. The first-order valence-corrected chi connectivity index (χ1v) is 40.3. The number of nitrogens with zero attached hydrogens (tertiary/aromatic N) is 5. The van der Waals surface area contributed by atoms with Crippen LogP contribution in [-0.2, 0) is 0 Å². The van der Waals surface area contributed by atoms with E-state index < -0.39 is 0 Å². The van der Waals surface area contributed by atoms with Crippen LogP contribution in [0.5, 0.6) is 0 Å². The molecule has 0 radical (unpaired) electrons. The minimum absolute atomic E-state index is 0.918. The average Bonchev–Trinajstić information content (AvgIpc) is 1.59. The molecule has 0 spiro atoms. The number of hydrogen-bond acceptors (Lipinski definition) is 2. The molecule has 0 atom stereocenters. The van der Waals surface area contributed by atoms with Gasteiger partial charge in [-0.1, -0.05) is 340 Å². The number of aromatic nitrogens is 5. The molecule has 0 unspecified atom stereocenters. The van der Waals surface area contributed by atoms with Crippen molar-refractivity contribution in [3.63, 3.8) is 0 Å². The van der Waals surface area contributed by atoms with Crippen LogP contribution in [0, 0.1) is 0 Å². The van der Waals surface area contributed by atoms with Crippen molar-refractivity contribution in [3.8, 4) is 140 Å². The molecule has 5 heterocycles. The molecule has 5 aromatic heterocycles. The van der Waals surface area contributed by atoms with Gasteiger partial charge in [0.05, 0.1) is 22.2 Å². The zero-order chi connectivity index (χ0) is 76.8. The second-order valence-electron chi connectivity index (χ2n) is 30.8. The van der Waals surface area contributed by atoms with Crippen LogP contribution < -0.4 is 0 Å².